The average Bonchev–Trinajstić information content (AvgIpc) is 1.91. The van der Waals surface area contributed by atoms with Gasteiger partial charge in [0.05, 0.1) is 0 Å². The van der Waals surface area contributed by atoms with Gasteiger partial charge in [-0.05, 0) is 0 Å². The zero-order valence-corrected chi connectivity index (χ0v) is 6.44. The first kappa shape index (κ1) is 8.39. The Morgan fingerprint density at radius 3 is 2.33 bits per heavy atom. The minimum absolute atomic E-state index is 0.893. The normalized spacial score (nSPS) is 8.78. The SMILES string of the molecule is CO[SiH](OC)OC=C=O. The highest BCUT2D eigenvalue weighted by Crippen LogP contribution is 1.85. The molecule has 52 valence electrons. The van der Waals surface area contributed by atoms with E-state index in [1.54, 1.807) is 0 Å². The quantitative estimate of drug-likeness (QED) is 0.302. The molecule has 5 heteroatoms. The third kappa shape index (κ3) is 3.93. The Labute approximate surface area is 55.0 Å². The van der Waals surface area contributed by atoms with Gasteiger partial charge in [0.25, 0.3) is 0 Å². The standard InChI is InChI=1S/C4H8O4Si/c1-6-9(7-2)8-4-3-5/h4,9H,1-2H3. The Hall–Kier alpha value is -0.613. The molecule has 0 aliphatic rings. The molecule has 0 saturated carbocycles. The lowest BCUT2D eigenvalue weighted by atomic mass is 11.1. The van der Waals surface area contributed by atoms with Gasteiger partial charge in [-0.15, -0.1) is 0 Å². The Balaban J connectivity index is 3.42. The molecule has 0 saturated heterocycles. The molecular weight excluding hydrogens is 140 g/mol. The fourth-order valence-corrected chi connectivity index (χ4v) is 0.872. The van der Waals surface area contributed by atoms with Crippen molar-refractivity contribution in [2.45, 2.75) is 0 Å². The second-order valence-corrected chi connectivity index (χ2v) is 2.92. The predicted octanol–water partition coefficient (Wildman–Crippen LogP) is -0.642. The predicted molar refractivity (Wildman–Crippen MR) is 32.5 cm³/mol. The maximum atomic E-state index is 9.55. The van der Waals surface area contributed by atoms with E-state index in [9.17, 15) is 4.79 Å². The number of carbonyl (C=O) groups excluding carboxylic acids is 1. The monoisotopic (exact) mass is 148 g/mol. The smallest absolute Gasteiger partial charge is 0.499 e. The lowest BCUT2D eigenvalue weighted by Gasteiger charge is -2.06. The molecule has 0 aromatic carbocycles. The van der Waals surface area contributed by atoms with Crippen LogP contribution in [-0.4, -0.2) is 29.7 Å². The minimum Gasteiger partial charge on any atom is -0.499 e. The molecule has 0 N–H and O–H groups in total. The molecule has 0 amide bonds. The molecule has 0 fully saturated rings. The van der Waals surface area contributed by atoms with Crippen LogP contribution in [0.2, 0.25) is 0 Å². The lowest BCUT2D eigenvalue weighted by molar-refractivity contribution is 0.182. The summed E-state index contributed by atoms with van der Waals surface area (Å²) in [6.07, 6.45) is 0.893. The van der Waals surface area contributed by atoms with Crippen molar-refractivity contribution in [2.24, 2.45) is 0 Å². The highest BCUT2D eigenvalue weighted by molar-refractivity contribution is 6.36. The summed E-state index contributed by atoms with van der Waals surface area (Å²) in [5.74, 6) is 1.44. The number of hydrogen-bond acceptors (Lipinski definition) is 4. The van der Waals surface area contributed by atoms with Crippen LogP contribution >= 0.6 is 0 Å². The zero-order chi connectivity index (χ0) is 7.11. The Morgan fingerprint density at radius 1 is 1.44 bits per heavy atom. The van der Waals surface area contributed by atoms with Crippen molar-refractivity contribution in [3.05, 3.63) is 6.26 Å². The molecule has 0 aromatic heterocycles. The van der Waals surface area contributed by atoms with Crippen molar-refractivity contribution in [3.63, 3.8) is 0 Å². The van der Waals surface area contributed by atoms with Crippen LogP contribution in [0, 0.1) is 0 Å². The fraction of sp³-hybridized carbons (Fsp3) is 0.500. The number of rotatable bonds is 4. The molecule has 4 nitrogen and oxygen atoms in total. The second kappa shape index (κ2) is 5.52. The van der Waals surface area contributed by atoms with E-state index < -0.39 is 9.53 Å². The van der Waals surface area contributed by atoms with Gasteiger partial charge >= 0.3 is 9.53 Å². The van der Waals surface area contributed by atoms with Crippen molar-refractivity contribution < 1.29 is 18.1 Å². The summed E-state index contributed by atoms with van der Waals surface area (Å²) in [5.41, 5.74) is 0. The summed E-state index contributed by atoms with van der Waals surface area (Å²) < 4.78 is 14.0. The fourth-order valence-electron chi connectivity index (χ4n) is 0.291. The van der Waals surface area contributed by atoms with Crippen LogP contribution in [0.5, 0.6) is 0 Å². The summed E-state index contributed by atoms with van der Waals surface area (Å²) >= 11 is 0. The van der Waals surface area contributed by atoms with Crippen molar-refractivity contribution in [2.75, 3.05) is 14.2 Å². The van der Waals surface area contributed by atoms with E-state index in [1.165, 1.54) is 20.2 Å². The first-order valence-corrected chi connectivity index (χ1v) is 3.67. The minimum atomic E-state index is -2.03. The molecule has 0 aromatic rings. The second-order valence-electron chi connectivity index (χ2n) is 1.13. The zero-order valence-electron chi connectivity index (χ0n) is 5.29. The van der Waals surface area contributed by atoms with Crippen molar-refractivity contribution in [3.8, 4) is 0 Å². The van der Waals surface area contributed by atoms with E-state index in [-0.39, 0.29) is 0 Å². The third-order valence-corrected chi connectivity index (χ3v) is 1.74. The summed E-state index contributed by atoms with van der Waals surface area (Å²) in [6.45, 7) is 0. The molecular formula is C4H8O4Si. The van der Waals surface area contributed by atoms with Gasteiger partial charge in [-0.2, -0.15) is 0 Å². The number of hydrogen-bond donors (Lipinski definition) is 0. The summed E-state index contributed by atoms with van der Waals surface area (Å²) in [4.78, 5) is 9.55. The van der Waals surface area contributed by atoms with Crippen molar-refractivity contribution in [1.29, 1.82) is 0 Å². The molecule has 0 aliphatic heterocycles. The highest BCUT2D eigenvalue weighted by atomic mass is 28.3. The average molecular weight is 148 g/mol. The van der Waals surface area contributed by atoms with Crippen LogP contribution in [0.4, 0.5) is 0 Å². The molecule has 0 heterocycles. The van der Waals surface area contributed by atoms with E-state index in [1.807, 2.05) is 0 Å². The topological polar surface area (TPSA) is 44.8 Å². The summed E-state index contributed by atoms with van der Waals surface area (Å²) in [5, 5.41) is 0. The van der Waals surface area contributed by atoms with Gasteiger partial charge in [0.15, 0.2) is 12.2 Å². The van der Waals surface area contributed by atoms with E-state index in [0.717, 1.165) is 6.26 Å². The van der Waals surface area contributed by atoms with E-state index >= 15 is 0 Å². The van der Waals surface area contributed by atoms with Gasteiger partial charge in [-0.25, -0.2) is 4.79 Å². The first-order chi connectivity index (χ1) is 4.35. The molecule has 0 radical (unpaired) electrons. The van der Waals surface area contributed by atoms with E-state index in [0.29, 0.717) is 0 Å². The molecule has 0 aliphatic carbocycles. The van der Waals surface area contributed by atoms with Crippen molar-refractivity contribution >= 4 is 15.5 Å². The maximum absolute atomic E-state index is 9.55. The summed E-state index contributed by atoms with van der Waals surface area (Å²) in [7, 11) is 0.887. The van der Waals surface area contributed by atoms with Crippen molar-refractivity contribution in [1.82, 2.24) is 0 Å². The van der Waals surface area contributed by atoms with Gasteiger partial charge in [-0.3, -0.25) is 0 Å². The Kier molecular flexibility index (Phi) is 5.15. The van der Waals surface area contributed by atoms with Gasteiger partial charge in [0.1, 0.15) is 0 Å². The molecule has 9 heavy (non-hydrogen) atoms. The van der Waals surface area contributed by atoms with Crippen LogP contribution in [0.25, 0.3) is 0 Å². The van der Waals surface area contributed by atoms with E-state index in [2.05, 4.69) is 13.3 Å². The molecule has 0 unspecified atom stereocenters. The molecule has 0 bridgehead atoms. The largest absolute Gasteiger partial charge is 0.549 e. The van der Waals surface area contributed by atoms with Crippen LogP contribution in [0.1, 0.15) is 0 Å². The molecule has 0 atom stereocenters. The molecule has 0 spiro atoms. The van der Waals surface area contributed by atoms with Crippen LogP contribution in [0.3, 0.4) is 0 Å². The van der Waals surface area contributed by atoms with Crippen LogP contribution in [-0.2, 0) is 18.1 Å². The maximum Gasteiger partial charge on any atom is 0.549 e. The Morgan fingerprint density at radius 2 is 2.00 bits per heavy atom. The third-order valence-electron chi connectivity index (χ3n) is 0.612. The Bertz CT molecular complexity index is 105. The van der Waals surface area contributed by atoms with Gasteiger partial charge in [0, 0.05) is 14.2 Å². The van der Waals surface area contributed by atoms with Gasteiger partial charge in [-0.1, -0.05) is 0 Å². The van der Waals surface area contributed by atoms with Gasteiger partial charge in [0.2, 0.25) is 0 Å². The summed E-state index contributed by atoms with van der Waals surface area (Å²) in [6, 6.07) is 0. The van der Waals surface area contributed by atoms with Crippen LogP contribution in [0.15, 0.2) is 6.26 Å². The van der Waals surface area contributed by atoms with Crippen LogP contribution < -0.4 is 0 Å². The molecule has 0 rings (SSSR count). The van der Waals surface area contributed by atoms with Gasteiger partial charge < -0.3 is 13.3 Å². The lowest BCUT2D eigenvalue weighted by Crippen LogP contribution is -2.21. The first-order valence-electron chi connectivity index (χ1n) is 2.25. The van der Waals surface area contributed by atoms with E-state index in [4.69, 9.17) is 0 Å². The highest BCUT2D eigenvalue weighted by Gasteiger charge is 2.08.